The molecule has 1 aromatic carbocycles. The molecule has 0 heterocycles. The topological polar surface area (TPSA) is 72.5 Å². The van der Waals surface area contributed by atoms with Crippen molar-refractivity contribution in [3.8, 4) is 0 Å². The van der Waals surface area contributed by atoms with Crippen LogP contribution in [0.2, 0.25) is 5.02 Å². The molecule has 6 heteroatoms. The molecular weight excluding hydrogens is 262 g/mol. The van der Waals surface area contributed by atoms with E-state index in [2.05, 4.69) is 4.74 Å². The Kier molecular flexibility index (Phi) is 4.68. The second-order valence-electron chi connectivity index (χ2n) is 3.74. The van der Waals surface area contributed by atoms with Gasteiger partial charge < -0.3 is 15.6 Å². The van der Waals surface area contributed by atoms with E-state index in [-0.39, 0.29) is 5.75 Å². The van der Waals surface area contributed by atoms with Crippen LogP contribution in [0.1, 0.15) is 6.92 Å². The van der Waals surface area contributed by atoms with Gasteiger partial charge in [0.15, 0.2) is 5.60 Å². The van der Waals surface area contributed by atoms with Crippen LogP contribution >= 0.6 is 23.4 Å². The smallest absolute Gasteiger partial charge is 0.338 e. The van der Waals surface area contributed by atoms with Crippen LogP contribution in [0.15, 0.2) is 23.1 Å². The fourth-order valence-electron chi connectivity index (χ4n) is 1.13. The van der Waals surface area contributed by atoms with Crippen LogP contribution in [-0.2, 0) is 9.53 Å². The number of hydrogen-bond acceptors (Lipinski definition) is 5. The minimum atomic E-state index is -1.54. The number of ether oxygens (including phenoxy) is 1. The van der Waals surface area contributed by atoms with Gasteiger partial charge in [0, 0.05) is 16.3 Å². The highest BCUT2D eigenvalue weighted by Gasteiger charge is 2.31. The number of hydrogen-bond donors (Lipinski definition) is 2. The van der Waals surface area contributed by atoms with Gasteiger partial charge in [-0.2, -0.15) is 0 Å². The average Bonchev–Trinajstić information content (AvgIpc) is 2.26. The Bertz CT molecular complexity index is 423. The third-order valence-corrected chi connectivity index (χ3v) is 3.89. The van der Waals surface area contributed by atoms with Gasteiger partial charge in [-0.15, -0.1) is 11.8 Å². The number of methoxy groups -OCH3 is 1. The molecule has 0 spiro atoms. The number of carbonyl (C=O) groups excluding carboxylic acids is 1. The number of benzene rings is 1. The minimum Gasteiger partial charge on any atom is -0.467 e. The fraction of sp³-hybridized carbons (Fsp3) is 0.364. The predicted octanol–water partition coefficient (Wildman–Crippen LogP) is 1.94. The summed E-state index contributed by atoms with van der Waals surface area (Å²) >= 11 is 7.24. The molecule has 0 aromatic heterocycles. The molecule has 17 heavy (non-hydrogen) atoms. The third kappa shape index (κ3) is 3.80. The summed E-state index contributed by atoms with van der Waals surface area (Å²) in [6.07, 6.45) is 0. The molecule has 1 atom stereocenters. The normalized spacial score (nSPS) is 14.1. The Morgan fingerprint density at radius 3 is 2.82 bits per heavy atom. The van der Waals surface area contributed by atoms with Crippen molar-refractivity contribution >= 4 is 35.0 Å². The molecule has 0 radical (unpaired) electrons. The van der Waals surface area contributed by atoms with Crippen molar-refractivity contribution in [1.82, 2.24) is 0 Å². The molecule has 0 saturated heterocycles. The summed E-state index contributed by atoms with van der Waals surface area (Å²) in [6.45, 7) is 1.40. The largest absolute Gasteiger partial charge is 0.467 e. The van der Waals surface area contributed by atoms with Gasteiger partial charge in [0.2, 0.25) is 0 Å². The molecule has 0 fully saturated rings. The predicted molar refractivity (Wildman–Crippen MR) is 69.2 cm³/mol. The molecule has 0 saturated carbocycles. The monoisotopic (exact) mass is 275 g/mol. The highest BCUT2D eigenvalue weighted by atomic mass is 35.5. The molecule has 3 N–H and O–H groups in total. The van der Waals surface area contributed by atoms with Crippen LogP contribution in [0.5, 0.6) is 0 Å². The average molecular weight is 276 g/mol. The first kappa shape index (κ1) is 14.2. The molecule has 94 valence electrons. The zero-order valence-electron chi connectivity index (χ0n) is 9.57. The summed E-state index contributed by atoms with van der Waals surface area (Å²) < 4.78 is 4.50. The van der Waals surface area contributed by atoms with E-state index >= 15 is 0 Å². The molecule has 4 nitrogen and oxygen atoms in total. The molecule has 1 rings (SSSR count). The van der Waals surface area contributed by atoms with Crippen LogP contribution in [0.4, 0.5) is 5.69 Å². The van der Waals surface area contributed by atoms with E-state index in [1.54, 1.807) is 18.2 Å². The van der Waals surface area contributed by atoms with Crippen molar-refractivity contribution in [2.24, 2.45) is 0 Å². The van der Waals surface area contributed by atoms with E-state index in [1.807, 2.05) is 0 Å². The fourth-order valence-corrected chi connectivity index (χ4v) is 2.40. The minimum absolute atomic E-state index is 0.156. The lowest BCUT2D eigenvalue weighted by Gasteiger charge is -2.19. The number of rotatable bonds is 4. The lowest BCUT2D eigenvalue weighted by Crippen LogP contribution is -2.38. The van der Waals surface area contributed by atoms with Crippen molar-refractivity contribution in [3.05, 3.63) is 23.2 Å². The number of thioether (sulfide) groups is 1. The Morgan fingerprint density at radius 1 is 1.65 bits per heavy atom. The number of carbonyl (C=O) groups is 1. The summed E-state index contributed by atoms with van der Waals surface area (Å²) in [5, 5.41) is 10.3. The summed E-state index contributed by atoms with van der Waals surface area (Å²) in [7, 11) is 1.23. The summed E-state index contributed by atoms with van der Waals surface area (Å²) in [5.41, 5.74) is 4.59. The van der Waals surface area contributed by atoms with Gasteiger partial charge in [0.05, 0.1) is 12.1 Å². The quantitative estimate of drug-likeness (QED) is 0.499. The third-order valence-electron chi connectivity index (χ3n) is 2.09. The Morgan fingerprint density at radius 2 is 2.29 bits per heavy atom. The van der Waals surface area contributed by atoms with Crippen LogP contribution in [0, 0.1) is 0 Å². The molecular formula is C11H14ClNO3S. The lowest BCUT2D eigenvalue weighted by atomic mass is 10.1. The van der Waals surface area contributed by atoms with Gasteiger partial charge in [-0.3, -0.25) is 0 Å². The maximum Gasteiger partial charge on any atom is 0.338 e. The number of nitrogens with two attached hydrogens (primary N) is 1. The molecule has 1 aromatic rings. The van der Waals surface area contributed by atoms with Crippen LogP contribution < -0.4 is 5.73 Å². The first-order valence-corrected chi connectivity index (χ1v) is 6.22. The van der Waals surface area contributed by atoms with Gasteiger partial charge in [-0.25, -0.2) is 4.79 Å². The van der Waals surface area contributed by atoms with E-state index < -0.39 is 11.6 Å². The first-order valence-electron chi connectivity index (χ1n) is 4.85. The van der Waals surface area contributed by atoms with E-state index in [1.165, 1.54) is 25.8 Å². The van der Waals surface area contributed by atoms with Crippen molar-refractivity contribution in [3.63, 3.8) is 0 Å². The molecule has 0 aliphatic heterocycles. The van der Waals surface area contributed by atoms with E-state index in [9.17, 15) is 9.90 Å². The van der Waals surface area contributed by atoms with Gasteiger partial charge >= 0.3 is 5.97 Å². The number of nitrogen functional groups attached to an aromatic ring is 1. The van der Waals surface area contributed by atoms with Crippen molar-refractivity contribution in [1.29, 1.82) is 0 Å². The van der Waals surface area contributed by atoms with Crippen LogP contribution in [-0.4, -0.2) is 29.5 Å². The van der Waals surface area contributed by atoms with Crippen molar-refractivity contribution in [2.75, 3.05) is 18.6 Å². The van der Waals surface area contributed by atoms with Gasteiger partial charge in [0.25, 0.3) is 0 Å². The summed E-state index contributed by atoms with van der Waals surface area (Å²) in [4.78, 5) is 12.0. The lowest BCUT2D eigenvalue weighted by molar-refractivity contribution is -0.158. The summed E-state index contributed by atoms with van der Waals surface area (Å²) in [5.74, 6) is -0.514. The molecule has 0 bridgehead atoms. The van der Waals surface area contributed by atoms with Crippen molar-refractivity contribution < 1.29 is 14.6 Å². The molecule has 1 unspecified atom stereocenters. The Hall–Kier alpha value is -0.910. The second-order valence-corrected chi connectivity index (χ2v) is 5.17. The Labute approximate surface area is 109 Å². The van der Waals surface area contributed by atoms with Gasteiger partial charge in [-0.05, 0) is 25.1 Å². The summed E-state index contributed by atoms with van der Waals surface area (Å²) in [6, 6.07) is 5.08. The zero-order chi connectivity index (χ0) is 13.1. The highest BCUT2D eigenvalue weighted by Crippen LogP contribution is 2.31. The number of halogens is 1. The second kappa shape index (κ2) is 5.62. The van der Waals surface area contributed by atoms with Crippen molar-refractivity contribution in [2.45, 2.75) is 17.4 Å². The standard InChI is InChI=1S/C11H14ClNO3S/c1-11(15,10(14)16-2)6-17-9-4-3-7(13)5-8(9)12/h3-5,15H,6,13H2,1-2H3. The highest BCUT2D eigenvalue weighted by molar-refractivity contribution is 7.99. The number of anilines is 1. The van der Waals surface area contributed by atoms with Gasteiger partial charge in [0.1, 0.15) is 0 Å². The first-order chi connectivity index (χ1) is 7.86. The van der Waals surface area contributed by atoms with Gasteiger partial charge in [-0.1, -0.05) is 11.6 Å². The van der Waals surface area contributed by atoms with E-state index in [0.29, 0.717) is 10.7 Å². The number of esters is 1. The maximum atomic E-state index is 11.3. The van der Waals surface area contributed by atoms with E-state index in [0.717, 1.165) is 4.90 Å². The maximum absolute atomic E-state index is 11.3. The van der Waals surface area contributed by atoms with E-state index in [4.69, 9.17) is 17.3 Å². The zero-order valence-corrected chi connectivity index (χ0v) is 11.1. The molecule has 0 amide bonds. The molecule has 0 aliphatic rings. The van der Waals surface area contributed by atoms with Crippen LogP contribution in [0.3, 0.4) is 0 Å². The van der Waals surface area contributed by atoms with Crippen LogP contribution in [0.25, 0.3) is 0 Å². The SMILES string of the molecule is COC(=O)C(C)(O)CSc1ccc(N)cc1Cl. The number of aliphatic hydroxyl groups is 1. The Balaban J connectivity index is 2.70. The molecule has 0 aliphatic carbocycles.